The van der Waals surface area contributed by atoms with Gasteiger partial charge in [-0.05, 0) is 13.8 Å². The lowest BCUT2D eigenvalue weighted by atomic mass is 10.2. The number of carbonyl (C=O) groups is 2. The first-order valence-electron chi connectivity index (χ1n) is 8.83. The maximum Gasteiger partial charge on any atom is 0.238 e. The van der Waals surface area contributed by atoms with Gasteiger partial charge in [-0.15, -0.1) is 0 Å². The van der Waals surface area contributed by atoms with Gasteiger partial charge in [-0.1, -0.05) is 0 Å². The van der Waals surface area contributed by atoms with Crippen LogP contribution in [0.2, 0.25) is 0 Å². The van der Waals surface area contributed by atoms with Crippen LogP contribution in [0, 0.1) is 0 Å². The highest BCUT2D eigenvalue weighted by atomic mass is 16.5. The Labute approximate surface area is 144 Å². The van der Waals surface area contributed by atoms with E-state index < -0.39 is 12.1 Å². The smallest absolute Gasteiger partial charge is 0.238 e. The van der Waals surface area contributed by atoms with Crippen LogP contribution in [0.5, 0.6) is 0 Å². The second-order valence-corrected chi connectivity index (χ2v) is 5.95. The molecule has 2 unspecified atom stereocenters. The molecule has 138 valence electrons. The Morgan fingerprint density at radius 2 is 1.62 bits per heavy atom. The lowest BCUT2D eigenvalue weighted by molar-refractivity contribution is -0.237. The normalized spacial score (nSPS) is 25.1. The Hall–Kier alpha value is -0.900. The number of rotatable bonds is 9. The second kappa shape index (κ2) is 9.55. The predicted molar refractivity (Wildman–Crippen MR) is 89.5 cm³/mol. The van der Waals surface area contributed by atoms with Crippen LogP contribution in [0.1, 0.15) is 13.8 Å². The van der Waals surface area contributed by atoms with Crippen LogP contribution in [-0.4, -0.2) is 105 Å². The zero-order chi connectivity index (χ0) is 17.4. The van der Waals surface area contributed by atoms with Crippen molar-refractivity contribution in [1.82, 2.24) is 20.0 Å². The number of ether oxygens (including phenoxy) is 2. The molecule has 24 heavy (non-hydrogen) atoms. The van der Waals surface area contributed by atoms with Crippen molar-refractivity contribution in [2.24, 2.45) is 0 Å². The Morgan fingerprint density at radius 1 is 1.00 bits per heavy atom. The lowest BCUT2D eigenvalue weighted by Gasteiger charge is -2.50. The molecule has 2 aliphatic rings. The molecular formula is C16H30N4O4. The fourth-order valence-corrected chi connectivity index (χ4v) is 3.46. The van der Waals surface area contributed by atoms with Crippen molar-refractivity contribution in [2.75, 3.05) is 65.6 Å². The fourth-order valence-electron chi connectivity index (χ4n) is 3.46. The Bertz CT molecular complexity index is 398. The van der Waals surface area contributed by atoms with Gasteiger partial charge in [0, 0.05) is 65.6 Å². The maximum atomic E-state index is 12.1. The van der Waals surface area contributed by atoms with Crippen LogP contribution in [0.3, 0.4) is 0 Å². The molecule has 2 aliphatic heterocycles. The summed E-state index contributed by atoms with van der Waals surface area (Å²) in [7, 11) is 0. The van der Waals surface area contributed by atoms with Gasteiger partial charge in [0.2, 0.25) is 5.85 Å². The van der Waals surface area contributed by atoms with Gasteiger partial charge in [-0.2, -0.15) is 0 Å². The van der Waals surface area contributed by atoms with E-state index in [1.54, 1.807) is 0 Å². The first-order chi connectivity index (χ1) is 11.7. The third-order valence-corrected chi connectivity index (χ3v) is 4.66. The first kappa shape index (κ1) is 19.4. The average molecular weight is 342 g/mol. The minimum atomic E-state index is -1.01. The average Bonchev–Trinajstić information content (AvgIpc) is 2.65. The predicted octanol–water partition coefficient (Wildman–Crippen LogP) is -1.04. The number of nitrogens with one attached hydrogen (secondary N) is 1. The third kappa shape index (κ3) is 4.19. The summed E-state index contributed by atoms with van der Waals surface area (Å²) in [6.45, 7) is 10.6. The summed E-state index contributed by atoms with van der Waals surface area (Å²) >= 11 is 0. The zero-order valence-corrected chi connectivity index (χ0v) is 14.8. The van der Waals surface area contributed by atoms with E-state index >= 15 is 0 Å². The van der Waals surface area contributed by atoms with Gasteiger partial charge in [-0.25, -0.2) is 0 Å². The Morgan fingerprint density at radius 3 is 2.12 bits per heavy atom. The lowest BCUT2D eigenvalue weighted by Crippen LogP contribution is -2.70. The highest BCUT2D eigenvalue weighted by Crippen LogP contribution is 2.23. The van der Waals surface area contributed by atoms with Crippen molar-refractivity contribution < 1.29 is 19.1 Å². The molecule has 0 radical (unpaired) electrons. The van der Waals surface area contributed by atoms with Gasteiger partial charge in [0.1, 0.15) is 0 Å². The minimum Gasteiger partial charge on any atom is -0.356 e. The molecule has 0 saturated carbocycles. The molecule has 2 atom stereocenters. The van der Waals surface area contributed by atoms with Gasteiger partial charge < -0.3 is 14.8 Å². The topological polar surface area (TPSA) is 74.3 Å². The van der Waals surface area contributed by atoms with Gasteiger partial charge in [0.15, 0.2) is 18.8 Å². The van der Waals surface area contributed by atoms with E-state index in [0.29, 0.717) is 39.4 Å². The highest BCUT2D eigenvalue weighted by Gasteiger charge is 2.45. The molecule has 0 aliphatic carbocycles. The van der Waals surface area contributed by atoms with Crippen LogP contribution in [0.15, 0.2) is 0 Å². The number of piperazine rings is 2. The van der Waals surface area contributed by atoms with Crippen LogP contribution in [-0.2, 0) is 19.1 Å². The molecule has 0 aromatic rings. The monoisotopic (exact) mass is 342 g/mol. The largest absolute Gasteiger partial charge is 0.356 e. The summed E-state index contributed by atoms with van der Waals surface area (Å²) in [6, 6.07) is 0. The first-order valence-corrected chi connectivity index (χ1v) is 8.83. The molecule has 8 nitrogen and oxygen atoms in total. The van der Waals surface area contributed by atoms with Crippen LogP contribution >= 0.6 is 0 Å². The number of hydrogen-bond donors (Lipinski definition) is 1. The molecule has 0 spiro atoms. The van der Waals surface area contributed by atoms with Crippen LogP contribution in [0.25, 0.3) is 0 Å². The number of nitrogens with zero attached hydrogens (tertiary/aromatic N) is 3. The van der Waals surface area contributed by atoms with E-state index in [2.05, 4.69) is 15.1 Å². The second-order valence-electron chi connectivity index (χ2n) is 5.95. The van der Waals surface area contributed by atoms with Gasteiger partial charge in [0.05, 0.1) is 0 Å². The summed E-state index contributed by atoms with van der Waals surface area (Å²) in [5.74, 6) is -1.01. The summed E-state index contributed by atoms with van der Waals surface area (Å²) in [5, 5.41) is 3.30. The van der Waals surface area contributed by atoms with Crippen molar-refractivity contribution in [1.29, 1.82) is 0 Å². The molecule has 0 amide bonds. The van der Waals surface area contributed by atoms with E-state index in [4.69, 9.17) is 9.47 Å². The van der Waals surface area contributed by atoms with Crippen molar-refractivity contribution in [3.8, 4) is 0 Å². The molecule has 2 saturated heterocycles. The SMILES string of the molecule is CCOC(C=O)N1CCN(C(C=O)(OCC)N2CCNCC2)CC1. The summed E-state index contributed by atoms with van der Waals surface area (Å²) < 4.78 is 11.4. The number of aldehydes is 2. The molecule has 2 rings (SSSR count). The highest BCUT2D eigenvalue weighted by molar-refractivity contribution is 5.61. The Kier molecular flexibility index (Phi) is 7.73. The van der Waals surface area contributed by atoms with E-state index in [1.807, 2.05) is 18.7 Å². The third-order valence-electron chi connectivity index (χ3n) is 4.66. The fraction of sp³-hybridized carbons (Fsp3) is 0.875. The molecular weight excluding hydrogens is 312 g/mol. The van der Waals surface area contributed by atoms with Crippen molar-refractivity contribution in [2.45, 2.75) is 25.9 Å². The summed E-state index contributed by atoms with van der Waals surface area (Å²) in [4.78, 5) is 29.5. The maximum absolute atomic E-state index is 12.1. The molecule has 2 heterocycles. The quantitative estimate of drug-likeness (QED) is 0.533. The minimum absolute atomic E-state index is 0.471. The standard InChI is InChI=1S/C16H30N4O4/c1-3-23-15(13-21)18-9-11-20(12-10-18)16(14-22,24-4-2)19-7-5-17-6-8-19/h13-15,17H,3-12H2,1-2H3. The Balaban J connectivity index is 2.06. The molecule has 1 N–H and O–H groups in total. The van der Waals surface area contributed by atoms with E-state index in [1.165, 1.54) is 0 Å². The molecule has 8 heteroatoms. The van der Waals surface area contributed by atoms with E-state index in [0.717, 1.165) is 38.8 Å². The van der Waals surface area contributed by atoms with Crippen molar-refractivity contribution >= 4 is 12.6 Å². The van der Waals surface area contributed by atoms with Gasteiger partial charge in [0.25, 0.3) is 0 Å². The van der Waals surface area contributed by atoms with Crippen molar-refractivity contribution in [3.63, 3.8) is 0 Å². The zero-order valence-electron chi connectivity index (χ0n) is 14.8. The van der Waals surface area contributed by atoms with Crippen molar-refractivity contribution in [3.05, 3.63) is 0 Å². The van der Waals surface area contributed by atoms with Gasteiger partial charge >= 0.3 is 0 Å². The molecule has 2 fully saturated rings. The molecule has 0 aromatic carbocycles. The number of carbonyl (C=O) groups excluding carboxylic acids is 2. The van der Waals surface area contributed by atoms with Crippen LogP contribution in [0.4, 0.5) is 0 Å². The van der Waals surface area contributed by atoms with E-state index in [9.17, 15) is 9.59 Å². The van der Waals surface area contributed by atoms with Gasteiger partial charge in [-0.3, -0.25) is 24.3 Å². The summed E-state index contributed by atoms with van der Waals surface area (Å²) in [5.41, 5.74) is 0. The van der Waals surface area contributed by atoms with E-state index in [-0.39, 0.29) is 0 Å². The molecule has 0 bridgehead atoms. The number of hydrogen-bond acceptors (Lipinski definition) is 8. The molecule has 0 aromatic heterocycles. The van der Waals surface area contributed by atoms with Crippen LogP contribution < -0.4 is 5.32 Å². The summed E-state index contributed by atoms with van der Waals surface area (Å²) in [6.07, 6.45) is 1.26.